The number of rotatable bonds is 2. The Labute approximate surface area is 172 Å². The average molecular weight is 436 g/mol. The molecule has 1 fully saturated rings. The van der Waals surface area contributed by atoms with Crippen molar-refractivity contribution >= 4 is 22.8 Å². The molecule has 3 atom stereocenters. The van der Waals surface area contributed by atoms with E-state index in [-0.39, 0.29) is 23.8 Å². The van der Waals surface area contributed by atoms with Gasteiger partial charge >= 0.3 is 12.3 Å². The number of cyclic esters (lactones) is 1. The summed E-state index contributed by atoms with van der Waals surface area (Å²) in [5.41, 5.74) is 0.136. The van der Waals surface area contributed by atoms with Gasteiger partial charge in [-0.3, -0.25) is 10.00 Å². The van der Waals surface area contributed by atoms with Crippen LogP contribution in [0.15, 0.2) is 30.6 Å². The van der Waals surface area contributed by atoms with Gasteiger partial charge in [-0.1, -0.05) is 18.2 Å². The molecule has 2 aliphatic rings. The second kappa shape index (κ2) is 7.15. The van der Waals surface area contributed by atoms with Gasteiger partial charge in [-0.05, 0) is 19.0 Å². The number of para-hydroxylation sites is 1. The van der Waals surface area contributed by atoms with Crippen molar-refractivity contribution in [2.75, 3.05) is 18.4 Å². The number of carbonyl (C=O) groups is 1. The van der Waals surface area contributed by atoms with Crippen LogP contribution in [-0.2, 0) is 4.74 Å². The minimum Gasteiger partial charge on any atom is -0.431 e. The first-order chi connectivity index (χ1) is 14.8. The zero-order valence-electron chi connectivity index (χ0n) is 15.9. The Kier molecular flexibility index (Phi) is 4.54. The van der Waals surface area contributed by atoms with Crippen molar-refractivity contribution in [1.29, 1.82) is 0 Å². The van der Waals surface area contributed by atoms with Crippen LogP contribution in [-0.4, -0.2) is 51.3 Å². The highest BCUT2D eigenvalue weighted by Crippen LogP contribution is 2.45. The maximum Gasteiger partial charge on any atom is 0.430 e. The maximum atomic E-state index is 14.6. The molecule has 0 unspecified atom stereocenters. The van der Waals surface area contributed by atoms with Crippen molar-refractivity contribution in [3.8, 4) is 11.4 Å². The number of fused-ring (bicyclic) bond motifs is 2. The van der Waals surface area contributed by atoms with Crippen LogP contribution in [0.3, 0.4) is 0 Å². The maximum absolute atomic E-state index is 14.6. The second-order valence-electron chi connectivity index (χ2n) is 7.32. The fourth-order valence-electron chi connectivity index (χ4n) is 4.05. The van der Waals surface area contributed by atoms with E-state index in [4.69, 9.17) is 0 Å². The molecular formula is C19H16F4N6O2. The van der Waals surface area contributed by atoms with Crippen molar-refractivity contribution in [1.82, 2.24) is 25.1 Å². The Balaban J connectivity index is 1.73. The van der Waals surface area contributed by atoms with Gasteiger partial charge in [0.2, 0.25) is 6.10 Å². The number of hydrogen-bond acceptors (Lipinski definition) is 6. The lowest BCUT2D eigenvalue weighted by molar-refractivity contribution is -0.206. The highest BCUT2D eigenvalue weighted by molar-refractivity contribution is 5.95. The third-order valence-electron chi connectivity index (χ3n) is 5.41. The Morgan fingerprint density at radius 2 is 1.97 bits per heavy atom. The number of anilines is 1. The largest absolute Gasteiger partial charge is 0.431 e. The predicted octanol–water partition coefficient (Wildman–Crippen LogP) is 3.53. The van der Waals surface area contributed by atoms with Gasteiger partial charge in [0.05, 0.1) is 17.1 Å². The van der Waals surface area contributed by atoms with E-state index >= 15 is 0 Å². The summed E-state index contributed by atoms with van der Waals surface area (Å²) in [5, 5.41) is 10.2. The Bertz CT molecular complexity index is 1160. The molecule has 1 amide bonds. The lowest BCUT2D eigenvalue weighted by Crippen LogP contribution is -2.39. The first-order valence-corrected chi connectivity index (χ1v) is 9.56. The molecule has 2 N–H and O–H groups in total. The van der Waals surface area contributed by atoms with E-state index in [1.54, 1.807) is 24.3 Å². The van der Waals surface area contributed by atoms with Crippen LogP contribution in [0.1, 0.15) is 24.1 Å². The number of amides is 1. The number of carbonyl (C=O) groups excluding carboxylic acids is 1. The molecule has 0 radical (unpaired) electrons. The fraction of sp³-hybridized carbons (Fsp3) is 0.368. The standard InChI is InChI=1S/C19H16F4N6O2/c20-10-7-24-6-5-12(10)29-11-4-2-1-3-9(11)14(28-29)15-13-16(19(21,22)23)31-18(30)27-17(13)26-8-25-15/h1-4,8,10,12,16,24H,5-7H2,(H,25,26,27,30)/t10-,12+,16-/m1/s1. The second-order valence-corrected chi connectivity index (χ2v) is 7.32. The Morgan fingerprint density at radius 3 is 2.74 bits per heavy atom. The number of ether oxygens (including phenoxy) is 1. The predicted molar refractivity (Wildman–Crippen MR) is 101 cm³/mol. The topological polar surface area (TPSA) is 94.0 Å². The molecule has 3 aromatic rings. The van der Waals surface area contributed by atoms with Crippen LogP contribution in [0.2, 0.25) is 0 Å². The summed E-state index contributed by atoms with van der Waals surface area (Å²) in [6.45, 7) is 0.751. The van der Waals surface area contributed by atoms with E-state index in [1.807, 2.05) is 0 Å². The molecule has 0 aliphatic carbocycles. The van der Waals surface area contributed by atoms with Crippen LogP contribution in [0.25, 0.3) is 22.3 Å². The highest BCUT2D eigenvalue weighted by atomic mass is 19.4. The van der Waals surface area contributed by atoms with Gasteiger partial charge in [-0.15, -0.1) is 0 Å². The average Bonchev–Trinajstić information content (AvgIpc) is 3.11. The van der Waals surface area contributed by atoms with E-state index in [0.29, 0.717) is 23.9 Å². The summed E-state index contributed by atoms with van der Waals surface area (Å²) in [6, 6.07) is 6.29. The molecule has 1 aromatic carbocycles. The molecule has 0 saturated carbocycles. The fourth-order valence-corrected chi connectivity index (χ4v) is 4.05. The SMILES string of the molecule is O=C1Nc2ncnc(-c3nn([C@H]4CCNC[C@H]4F)c4ccccc34)c2[C@H](C(F)(F)F)O1. The van der Waals surface area contributed by atoms with Crippen LogP contribution in [0, 0.1) is 0 Å². The summed E-state index contributed by atoms with van der Waals surface area (Å²) in [7, 11) is 0. The molecule has 1 saturated heterocycles. The van der Waals surface area contributed by atoms with E-state index < -0.39 is 36.2 Å². The molecule has 0 bridgehead atoms. The molecule has 2 aromatic heterocycles. The number of halogens is 4. The monoisotopic (exact) mass is 436 g/mol. The highest BCUT2D eigenvalue weighted by Gasteiger charge is 2.50. The quantitative estimate of drug-likeness (QED) is 0.597. The zero-order chi connectivity index (χ0) is 21.8. The number of alkyl halides is 4. The van der Waals surface area contributed by atoms with Gasteiger partial charge in [0.25, 0.3) is 0 Å². The Morgan fingerprint density at radius 1 is 1.16 bits per heavy atom. The number of benzene rings is 1. The van der Waals surface area contributed by atoms with Gasteiger partial charge in [-0.2, -0.15) is 18.3 Å². The summed E-state index contributed by atoms with van der Waals surface area (Å²) < 4.78 is 61.8. The van der Waals surface area contributed by atoms with E-state index in [9.17, 15) is 22.4 Å². The smallest absolute Gasteiger partial charge is 0.430 e. The van der Waals surface area contributed by atoms with Gasteiger partial charge in [0.1, 0.15) is 29.7 Å². The minimum absolute atomic E-state index is 0.133. The number of nitrogens with one attached hydrogen (secondary N) is 2. The van der Waals surface area contributed by atoms with Crippen molar-refractivity contribution in [2.45, 2.75) is 30.9 Å². The molecule has 8 nitrogen and oxygen atoms in total. The first-order valence-electron chi connectivity index (χ1n) is 9.56. The first kappa shape index (κ1) is 19.7. The normalized spacial score (nSPS) is 23.9. The number of piperidine rings is 1. The summed E-state index contributed by atoms with van der Waals surface area (Å²) in [6.07, 6.45) is -8.39. The van der Waals surface area contributed by atoms with Gasteiger partial charge in [0.15, 0.2) is 0 Å². The summed E-state index contributed by atoms with van der Waals surface area (Å²) in [5.74, 6) is -0.299. The molecule has 2 aliphatic heterocycles. The third kappa shape index (κ3) is 3.26. The molecule has 162 valence electrons. The lowest BCUT2D eigenvalue weighted by atomic mass is 10.0. The van der Waals surface area contributed by atoms with Crippen LogP contribution in [0.4, 0.5) is 28.2 Å². The van der Waals surface area contributed by atoms with Crippen LogP contribution in [0.5, 0.6) is 0 Å². The molecule has 4 heterocycles. The van der Waals surface area contributed by atoms with Crippen molar-refractivity contribution in [3.63, 3.8) is 0 Å². The molecule has 0 spiro atoms. The third-order valence-corrected chi connectivity index (χ3v) is 5.41. The van der Waals surface area contributed by atoms with Gasteiger partial charge in [-0.25, -0.2) is 19.2 Å². The van der Waals surface area contributed by atoms with Gasteiger partial charge in [0, 0.05) is 11.9 Å². The minimum atomic E-state index is -4.89. The number of nitrogens with zero attached hydrogens (tertiary/aromatic N) is 4. The molecule has 5 rings (SSSR count). The molecular weight excluding hydrogens is 420 g/mol. The summed E-state index contributed by atoms with van der Waals surface area (Å²) in [4.78, 5) is 19.5. The van der Waals surface area contributed by atoms with E-state index in [1.165, 1.54) is 4.68 Å². The van der Waals surface area contributed by atoms with Crippen LogP contribution < -0.4 is 10.6 Å². The lowest BCUT2D eigenvalue weighted by Gasteiger charge is -2.28. The van der Waals surface area contributed by atoms with Gasteiger partial charge < -0.3 is 10.1 Å². The number of hydrogen-bond donors (Lipinski definition) is 2. The number of aromatic nitrogens is 4. The zero-order valence-corrected chi connectivity index (χ0v) is 15.9. The summed E-state index contributed by atoms with van der Waals surface area (Å²) >= 11 is 0. The van der Waals surface area contributed by atoms with Crippen molar-refractivity contribution in [3.05, 3.63) is 36.2 Å². The van der Waals surface area contributed by atoms with E-state index in [2.05, 4.69) is 30.4 Å². The molecule has 31 heavy (non-hydrogen) atoms. The van der Waals surface area contributed by atoms with Crippen LogP contribution >= 0.6 is 0 Å². The molecule has 12 heteroatoms. The van der Waals surface area contributed by atoms with Crippen molar-refractivity contribution in [2.24, 2.45) is 0 Å². The Hall–Kier alpha value is -3.28. The van der Waals surface area contributed by atoms with E-state index in [0.717, 1.165) is 6.33 Å². The van der Waals surface area contributed by atoms with Crippen molar-refractivity contribution < 1.29 is 27.1 Å².